The summed E-state index contributed by atoms with van der Waals surface area (Å²) in [4.78, 5) is 5.50. The molecule has 2 aliphatic rings. The van der Waals surface area contributed by atoms with E-state index in [1.807, 2.05) is 25.1 Å². The van der Waals surface area contributed by atoms with E-state index in [1.54, 1.807) is 24.3 Å². The number of ether oxygens (including phenoxy) is 2. The molecule has 3 aromatic rings. The van der Waals surface area contributed by atoms with Gasteiger partial charge in [0.15, 0.2) is 12.0 Å². The number of aryl methyl sites for hydroxylation is 1. The summed E-state index contributed by atoms with van der Waals surface area (Å²) < 4.78 is 27.7. The Labute approximate surface area is 198 Å². The molecular formula is C24H23ClFNO5S. The van der Waals surface area contributed by atoms with Gasteiger partial charge in [0.1, 0.15) is 24.1 Å². The van der Waals surface area contributed by atoms with Crippen LogP contribution in [0.1, 0.15) is 28.5 Å². The van der Waals surface area contributed by atoms with Crippen molar-refractivity contribution in [2.24, 2.45) is 4.99 Å². The van der Waals surface area contributed by atoms with Crippen molar-refractivity contribution >= 4 is 38.9 Å². The van der Waals surface area contributed by atoms with E-state index >= 15 is 0 Å². The van der Waals surface area contributed by atoms with Crippen LogP contribution >= 0.6 is 22.9 Å². The molecule has 1 saturated heterocycles. The van der Waals surface area contributed by atoms with Gasteiger partial charge >= 0.3 is 0 Å². The predicted octanol–water partition coefficient (Wildman–Crippen LogP) is 3.68. The Balaban J connectivity index is 1.57. The van der Waals surface area contributed by atoms with E-state index < -0.39 is 36.7 Å². The third-order valence-electron chi connectivity index (χ3n) is 6.37. The Morgan fingerprint density at radius 2 is 1.94 bits per heavy atom. The average molecular weight is 492 g/mol. The highest BCUT2D eigenvalue weighted by Crippen LogP contribution is 2.45. The highest BCUT2D eigenvalue weighted by molar-refractivity contribution is 7.19. The Bertz CT molecular complexity index is 1260. The van der Waals surface area contributed by atoms with Crippen molar-refractivity contribution in [2.75, 3.05) is 6.61 Å². The number of aliphatic imine (C=N–C) groups is 1. The van der Waals surface area contributed by atoms with Crippen LogP contribution in [0, 0.1) is 12.7 Å². The molecule has 0 saturated carbocycles. The maximum absolute atomic E-state index is 14.9. The van der Waals surface area contributed by atoms with E-state index in [0.29, 0.717) is 22.6 Å². The summed E-state index contributed by atoms with van der Waals surface area (Å²) >= 11 is 7.74. The quantitative estimate of drug-likeness (QED) is 0.518. The molecule has 2 aliphatic heterocycles. The molecule has 33 heavy (non-hydrogen) atoms. The van der Waals surface area contributed by atoms with E-state index in [9.17, 15) is 19.7 Å². The van der Waals surface area contributed by atoms with Crippen LogP contribution in [0.25, 0.3) is 10.1 Å². The van der Waals surface area contributed by atoms with Gasteiger partial charge in [-0.15, -0.1) is 11.3 Å². The highest BCUT2D eigenvalue weighted by atomic mass is 35.5. The first-order valence-electron chi connectivity index (χ1n) is 10.6. The first-order chi connectivity index (χ1) is 15.7. The standard InChI is InChI=1S/C24H23ClFNO5S/c1-11-16-9-15(25)4-6-19(16)33-20(11)8-13-7-14(3-5-17(13)26)24-23(31-12(2)27-24)22(30)21(29)18(10-28)32-24/h3-7,9,18,21-23,28-30H,8,10H2,1-2H3/t18-,21-,22+,23?,24?/m1/s1. The molecular weight excluding hydrogens is 469 g/mol. The molecule has 2 unspecified atom stereocenters. The molecule has 3 heterocycles. The summed E-state index contributed by atoms with van der Waals surface area (Å²) in [6, 6.07) is 10.2. The van der Waals surface area contributed by atoms with Gasteiger partial charge in [-0.3, -0.25) is 0 Å². The maximum atomic E-state index is 14.9. The van der Waals surface area contributed by atoms with E-state index in [-0.39, 0.29) is 11.7 Å². The number of aliphatic hydroxyl groups is 3. The molecule has 5 rings (SSSR count). The zero-order valence-electron chi connectivity index (χ0n) is 18.0. The van der Waals surface area contributed by atoms with Gasteiger partial charge in [-0.25, -0.2) is 9.38 Å². The summed E-state index contributed by atoms with van der Waals surface area (Å²) in [5.41, 5.74) is 0.462. The van der Waals surface area contributed by atoms with Gasteiger partial charge in [0.25, 0.3) is 0 Å². The molecule has 174 valence electrons. The van der Waals surface area contributed by atoms with E-state index in [0.717, 1.165) is 20.5 Å². The van der Waals surface area contributed by atoms with E-state index in [4.69, 9.17) is 21.1 Å². The monoisotopic (exact) mass is 491 g/mol. The smallest absolute Gasteiger partial charge is 0.228 e. The fraction of sp³-hybridized carbons (Fsp3) is 0.375. The first kappa shape index (κ1) is 22.7. The molecule has 0 amide bonds. The topological polar surface area (TPSA) is 91.5 Å². The van der Waals surface area contributed by atoms with Gasteiger partial charge in [0.2, 0.25) is 5.72 Å². The summed E-state index contributed by atoms with van der Waals surface area (Å²) in [5.74, 6) is -0.107. The molecule has 0 radical (unpaired) electrons. The number of hydrogen-bond acceptors (Lipinski definition) is 7. The maximum Gasteiger partial charge on any atom is 0.228 e. The number of hydrogen-bond donors (Lipinski definition) is 3. The van der Waals surface area contributed by atoms with Crippen molar-refractivity contribution in [3.05, 3.63) is 68.8 Å². The molecule has 0 bridgehead atoms. The Morgan fingerprint density at radius 3 is 2.70 bits per heavy atom. The van der Waals surface area contributed by atoms with Crippen LogP contribution in [0.3, 0.4) is 0 Å². The zero-order valence-corrected chi connectivity index (χ0v) is 19.5. The van der Waals surface area contributed by atoms with Crippen LogP contribution in [0.2, 0.25) is 5.02 Å². The number of nitrogens with zero attached hydrogens (tertiary/aromatic N) is 1. The largest absolute Gasteiger partial charge is 0.469 e. The molecule has 0 spiro atoms. The van der Waals surface area contributed by atoms with Crippen molar-refractivity contribution in [3.8, 4) is 0 Å². The molecule has 5 atom stereocenters. The highest BCUT2D eigenvalue weighted by Gasteiger charge is 2.59. The normalized spacial score (nSPS) is 29.1. The van der Waals surface area contributed by atoms with Crippen LogP contribution in [0.4, 0.5) is 4.39 Å². The Morgan fingerprint density at radius 1 is 1.15 bits per heavy atom. The third kappa shape index (κ3) is 3.65. The van der Waals surface area contributed by atoms with Crippen LogP contribution in [-0.2, 0) is 21.6 Å². The minimum Gasteiger partial charge on any atom is -0.469 e. The lowest BCUT2D eigenvalue weighted by Crippen LogP contribution is -2.61. The summed E-state index contributed by atoms with van der Waals surface area (Å²) in [6.45, 7) is 3.10. The minimum absolute atomic E-state index is 0.271. The van der Waals surface area contributed by atoms with Crippen molar-refractivity contribution in [1.29, 1.82) is 0 Å². The second kappa shape index (κ2) is 8.30. The lowest BCUT2D eigenvalue weighted by atomic mass is 9.85. The fourth-order valence-electron chi connectivity index (χ4n) is 4.64. The van der Waals surface area contributed by atoms with Crippen LogP contribution in [0.5, 0.6) is 0 Å². The SMILES string of the molecule is CC1=NC2(c3ccc(F)c(Cc4sc5ccc(Cl)cc5c4C)c3)O[C@H](CO)[C@@H](O)[C@H](O)C2O1. The van der Waals surface area contributed by atoms with Crippen LogP contribution < -0.4 is 0 Å². The average Bonchev–Trinajstić information content (AvgIpc) is 3.29. The van der Waals surface area contributed by atoms with Gasteiger partial charge in [0.05, 0.1) is 6.61 Å². The van der Waals surface area contributed by atoms with Crippen LogP contribution in [-0.4, -0.2) is 52.2 Å². The predicted molar refractivity (Wildman–Crippen MR) is 124 cm³/mol. The number of thiophene rings is 1. The van der Waals surface area contributed by atoms with E-state index in [2.05, 4.69) is 4.99 Å². The second-order valence-corrected chi connectivity index (χ2v) is 10.0. The first-order valence-corrected chi connectivity index (χ1v) is 11.8. The van der Waals surface area contributed by atoms with Gasteiger partial charge < -0.3 is 24.8 Å². The number of aliphatic hydroxyl groups excluding tert-OH is 3. The molecule has 9 heteroatoms. The zero-order chi connectivity index (χ0) is 23.5. The minimum atomic E-state index is -1.50. The number of fused-ring (bicyclic) bond motifs is 2. The molecule has 3 N–H and O–H groups in total. The van der Waals surface area contributed by atoms with Gasteiger partial charge in [0, 0.05) is 33.5 Å². The summed E-state index contributed by atoms with van der Waals surface area (Å²) in [6.07, 6.45) is -4.44. The summed E-state index contributed by atoms with van der Waals surface area (Å²) in [5, 5.41) is 32.4. The molecule has 1 fully saturated rings. The Hall–Kier alpha value is -2.07. The number of halogens is 2. The van der Waals surface area contributed by atoms with Crippen LogP contribution in [0.15, 0.2) is 41.4 Å². The van der Waals surface area contributed by atoms with Crippen molar-refractivity contribution in [2.45, 2.75) is 50.4 Å². The summed E-state index contributed by atoms with van der Waals surface area (Å²) in [7, 11) is 0. The molecule has 2 aromatic carbocycles. The third-order valence-corrected chi connectivity index (χ3v) is 7.87. The second-order valence-electron chi connectivity index (χ2n) is 8.46. The van der Waals surface area contributed by atoms with E-state index in [1.165, 1.54) is 12.1 Å². The van der Waals surface area contributed by atoms with Crippen molar-refractivity contribution in [1.82, 2.24) is 0 Å². The van der Waals surface area contributed by atoms with Crippen molar-refractivity contribution < 1.29 is 29.2 Å². The molecule has 1 aromatic heterocycles. The Kier molecular flexibility index (Phi) is 5.71. The van der Waals surface area contributed by atoms with Gasteiger partial charge in [-0.2, -0.15) is 0 Å². The molecule has 0 aliphatic carbocycles. The lowest BCUT2D eigenvalue weighted by molar-refractivity contribution is -0.262. The van der Waals surface area contributed by atoms with Gasteiger partial charge in [-0.05, 0) is 53.8 Å². The number of benzene rings is 2. The molecule has 6 nitrogen and oxygen atoms in total. The van der Waals surface area contributed by atoms with Crippen molar-refractivity contribution in [3.63, 3.8) is 0 Å². The lowest BCUT2D eigenvalue weighted by Gasteiger charge is -2.44. The number of rotatable bonds is 4. The van der Waals surface area contributed by atoms with Gasteiger partial charge in [-0.1, -0.05) is 17.7 Å². The fourth-order valence-corrected chi connectivity index (χ4v) is 6.03.